The van der Waals surface area contributed by atoms with Crippen LogP contribution in [-0.4, -0.2) is 14.5 Å². The van der Waals surface area contributed by atoms with Crippen molar-refractivity contribution in [1.82, 2.24) is 9.36 Å². The second-order valence-electron chi connectivity index (χ2n) is 5.51. The van der Waals surface area contributed by atoms with E-state index in [1.807, 2.05) is 66.2 Å². The van der Waals surface area contributed by atoms with Crippen molar-refractivity contribution in [2.75, 3.05) is 0 Å². The third-order valence-electron chi connectivity index (χ3n) is 4.21. The SMILES string of the molecule is CCn1c(=O)c2cc(O)c3ccccc3c2n1-c1ccccc1. The molecular weight excluding hydrogens is 288 g/mol. The van der Waals surface area contributed by atoms with Crippen LogP contribution in [-0.2, 0) is 6.54 Å². The molecule has 0 aliphatic rings. The third kappa shape index (κ3) is 1.88. The normalized spacial score (nSPS) is 11.3. The Bertz CT molecular complexity index is 1080. The lowest BCUT2D eigenvalue weighted by atomic mass is 10.1. The number of aromatic nitrogens is 2. The maximum Gasteiger partial charge on any atom is 0.275 e. The molecule has 0 saturated carbocycles. The minimum Gasteiger partial charge on any atom is -0.507 e. The smallest absolute Gasteiger partial charge is 0.275 e. The molecule has 0 spiro atoms. The topological polar surface area (TPSA) is 47.2 Å². The first-order valence-electron chi connectivity index (χ1n) is 7.64. The Kier molecular flexibility index (Phi) is 2.98. The molecule has 0 aliphatic carbocycles. The van der Waals surface area contributed by atoms with Crippen LogP contribution in [0.4, 0.5) is 0 Å². The second kappa shape index (κ2) is 5.02. The van der Waals surface area contributed by atoms with E-state index in [0.29, 0.717) is 11.9 Å². The Hall–Kier alpha value is -3.01. The van der Waals surface area contributed by atoms with E-state index in [-0.39, 0.29) is 11.3 Å². The number of aromatic hydroxyl groups is 1. The molecule has 4 rings (SSSR count). The number of hydrogen-bond donors (Lipinski definition) is 1. The monoisotopic (exact) mass is 304 g/mol. The number of phenols is 1. The highest BCUT2D eigenvalue weighted by molar-refractivity contribution is 6.08. The molecule has 0 atom stereocenters. The molecule has 114 valence electrons. The van der Waals surface area contributed by atoms with Crippen molar-refractivity contribution in [1.29, 1.82) is 0 Å². The quantitative estimate of drug-likeness (QED) is 0.614. The molecule has 1 heterocycles. The summed E-state index contributed by atoms with van der Waals surface area (Å²) in [6.07, 6.45) is 0. The van der Waals surface area contributed by atoms with E-state index in [0.717, 1.165) is 22.0 Å². The molecule has 4 nitrogen and oxygen atoms in total. The van der Waals surface area contributed by atoms with Crippen LogP contribution in [0.1, 0.15) is 6.92 Å². The lowest BCUT2D eigenvalue weighted by Gasteiger charge is -2.12. The molecule has 0 saturated heterocycles. The van der Waals surface area contributed by atoms with Crippen LogP contribution >= 0.6 is 0 Å². The summed E-state index contributed by atoms with van der Waals surface area (Å²) in [4.78, 5) is 12.8. The Morgan fingerprint density at radius 1 is 0.913 bits per heavy atom. The summed E-state index contributed by atoms with van der Waals surface area (Å²) < 4.78 is 3.64. The Labute approximate surface area is 132 Å². The van der Waals surface area contributed by atoms with Gasteiger partial charge in [0.15, 0.2) is 0 Å². The van der Waals surface area contributed by atoms with Crippen molar-refractivity contribution in [3.8, 4) is 11.4 Å². The van der Waals surface area contributed by atoms with Gasteiger partial charge >= 0.3 is 0 Å². The molecule has 0 fully saturated rings. The molecule has 1 N–H and O–H groups in total. The zero-order valence-electron chi connectivity index (χ0n) is 12.7. The number of benzene rings is 3. The van der Waals surface area contributed by atoms with E-state index in [4.69, 9.17) is 0 Å². The van der Waals surface area contributed by atoms with Crippen molar-refractivity contribution < 1.29 is 5.11 Å². The summed E-state index contributed by atoms with van der Waals surface area (Å²) in [5.74, 6) is 0.138. The first kappa shape index (κ1) is 13.6. The third-order valence-corrected chi connectivity index (χ3v) is 4.21. The molecule has 0 amide bonds. The molecule has 0 bridgehead atoms. The van der Waals surface area contributed by atoms with Gasteiger partial charge in [-0.15, -0.1) is 0 Å². The van der Waals surface area contributed by atoms with Gasteiger partial charge in [0.2, 0.25) is 0 Å². The fraction of sp³-hybridized carbons (Fsp3) is 0.105. The van der Waals surface area contributed by atoms with E-state index in [9.17, 15) is 9.90 Å². The highest BCUT2D eigenvalue weighted by atomic mass is 16.3. The van der Waals surface area contributed by atoms with E-state index < -0.39 is 0 Å². The van der Waals surface area contributed by atoms with E-state index in [1.165, 1.54) is 0 Å². The molecule has 23 heavy (non-hydrogen) atoms. The molecule has 4 heteroatoms. The van der Waals surface area contributed by atoms with Gasteiger partial charge in [-0.3, -0.25) is 4.79 Å². The van der Waals surface area contributed by atoms with Gasteiger partial charge < -0.3 is 5.11 Å². The van der Waals surface area contributed by atoms with Crippen LogP contribution in [0.25, 0.3) is 27.4 Å². The molecule has 3 aromatic carbocycles. The average molecular weight is 304 g/mol. The van der Waals surface area contributed by atoms with Crippen LogP contribution in [0.2, 0.25) is 0 Å². The maximum atomic E-state index is 12.8. The van der Waals surface area contributed by atoms with Crippen LogP contribution in [0.15, 0.2) is 65.5 Å². The number of hydrogen-bond acceptors (Lipinski definition) is 2. The van der Waals surface area contributed by atoms with Gasteiger partial charge in [0.05, 0.1) is 16.6 Å². The van der Waals surface area contributed by atoms with Gasteiger partial charge in [0, 0.05) is 17.3 Å². The molecule has 0 unspecified atom stereocenters. The Morgan fingerprint density at radius 3 is 2.26 bits per heavy atom. The highest BCUT2D eigenvalue weighted by Gasteiger charge is 2.18. The van der Waals surface area contributed by atoms with Crippen molar-refractivity contribution in [3.63, 3.8) is 0 Å². The van der Waals surface area contributed by atoms with Gasteiger partial charge in [0.25, 0.3) is 5.56 Å². The predicted molar refractivity (Wildman–Crippen MR) is 92.4 cm³/mol. The zero-order chi connectivity index (χ0) is 16.0. The van der Waals surface area contributed by atoms with Crippen molar-refractivity contribution in [2.24, 2.45) is 0 Å². The molecule has 0 radical (unpaired) electrons. The molecule has 1 aromatic heterocycles. The van der Waals surface area contributed by atoms with Gasteiger partial charge in [-0.1, -0.05) is 42.5 Å². The predicted octanol–water partition coefficient (Wildman–Crippen LogP) is 3.67. The number of phenolic OH excluding ortho intramolecular Hbond substituents is 1. The fourth-order valence-electron chi connectivity index (χ4n) is 3.21. The Morgan fingerprint density at radius 2 is 1.57 bits per heavy atom. The first-order chi connectivity index (χ1) is 11.2. The lowest BCUT2D eigenvalue weighted by molar-refractivity contribution is 0.482. The zero-order valence-corrected chi connectivity index (χ0v) is 12.7. The largest absolute Gasteiger partial charge is 0.507 e. The summed E-state index contributed by atoms with van der Waals surface area (Å²) in [7, 11) is 0. The van der Waals surface area contributed by atoms with E-state index in [1.54, 1.807) is 10.7 Å². The highest BCUT2D eigenvalue weighted by Crippen LogP contribution is 2.32. The second-order valence-corrected chi connectivity index (χ2v) is 5.51. The minimum absolute atomic E-state index is 0.0904. The molecular formula is C19H16N2O2. The van der Waals surface area contributed by atoms with Gasteiger partial charge in [0.1, 0.15) is 5.75 Å². The fourth-order valence-corrected chi connectivity index (χ4v) is 3.21. The van der Waals surface area contributed by atoms with Gasteiger partial charge in [-0.05, 0) is 25.1 Å². The van der Waals surface area contributed by atoms with E-state index in [2.05, 4.69) is 0 Å². The van der Waals surface area contributed by atoms with Crippen LogP contribution in [0.5, 0.6) is 5.75 Å². The lowest BCUT2D eigenvalue weighted by Crippen LogP contribution is -2.20. The van der Waals surface area contributed by atoms with E-state index >= 15 is 0 Å². The number of rotatable bonds is 2. The number of nitrogens with zero attached hydrogens (tertiary/aromatic N) is 2. The standard InChI is InChI=1S/C19H16N2O2/c1-2-20-19(23)16-12-17(22)14-10-6-7-11-15(14)18(16)21(20)13-8-4-3-5-9-13/h3-12,22H,2H2,1H3. The van der Waals surface area contributed by atoms with Gasteiger partial charge in [-0.2, -0.15) is 0 Å². The molecule has 4 aromatic rings. The Balaban J connectivity index is 2.29. The summed E-state index contributed by atoms with van der Waals surface area (Å²) in [6.45, 7) is 2.50. The van der Waals surface area contributed by atoms with Crippen LogP contribution in [0.3, 0.4) is 0 Å². The van der Waals surface area contributed by atoms with Gasteiger partial charge in [-0.25, -0.2) is 9.36 Å². The maximum absolute atomic E-state index is 12.8. The summed E-state index contributed by atoms with van der Waals surface area (Å²) in [6, 6.07) is 19.0. The van der Waals surface area contributed by atoms with Crippen molar-refractivity contribution in [2.45, 2.75) is 13.5 Å². The minimum atomic E-state index is -0.0904. The average Bonchev–Trinajstić information content (AvgIpc) is 2.88. The number of para-hydroxylation sites is 1. The molecule has 0 aliphatic heterocycles. The van der Waals surface area contributed by atoms with Crippen molar-refractivity contribution in [3.05, 3.63) is 71.0 Å². The van der Waals surface area contributed by atoms with Crippen LogP contribution in [0, 0.1) is 0 Å². The summed E-state index contributed by atoms with van der Waals surface area (Å²) >= 11 is 0. The van der Waals surface area contributed by atoms with Crippen LogP contribution < -0.4 is 5.56 Å². The van der Waals surface area contributed by atoms with Crippen molar-refractivity contribution >= 4 is 21.7 Å². The first-order valence-corrected chi connectivity index (χ1v) is 7.64. The summed E-state index contributed by atoms with van der Waals surface area (Å²) in [5, 5.41) is 12.4. The number of fused-ring (bicyclic) bond motifs is 3. The summed E-state index contributed by atoms with van der Waals surface area (Å²) in [5.41, 5.74) is 1.67.